The highest BCUT2D eigenvalue weighted by Crippen LogP contribution is 2.52. The van der Waals surface area contributed by atoms with E-state index in [-0.39, 0.29) is 0 Å². The minimum Gasteiger partial charge on any atom is -0.0654 e. The van der Waals surface area contributed by atoms with Gasteiger partial charge >= 0.3 is 0 Å². The van der Waals surface area contributed by atoms with Crippen LogP contribution in [0.4, 0.5) is 0 Å². The summed E-state index contributed by atoms with van der Waals surface area (Å²) in [6, 6.07) is 0. The molecule has 22 heavy (non-hydrogen) atoms. The molecule has 0 aliphatic carbocycles. The van der Waals surface area contributed by atoms with E-state index >= 15 is 0 Å². The van der Waals surface area contributed by atoms with Gasteiger partial charge in [-0.15, -0.1) is 0 Å². The van der Waals surface area contributed by atoms with Crippen molar-refractivity contribution in [2.45, 2.75) is 120 Å². The second kappa shape index (κ2) is 9.33. The molecule has 0 aliphatic rings. The summed E-state index contributed by atoms with van der Waals surface area (Å²) < 4.78 is 0. The predicted octanol–water partition coefficient (Wildman–Crippen LogP) is 8.25. The van der Waals surface area contributed by atoms with Crippen LogP contribution in [0.15, 0.2) is 0 Å². The first-order valence-corrected chi connectivity index (χ1v) is 10.2. The molecular weight excluding hydrogens is 264 g/mol. The van der Waals surface area contributed by atoms with Gasteiger partial charge in [-0.1, -0.05) is 101 Å². The summed E-state index contributed by atoms with van der Waals surface area (Å²) in [4.78, 5) is 0. The normalized spacial score (nSPS) is 17.3. The molecule has 0 aliphatic heterocycles. The Balaban J connectivity index is 5.43. The van der Waals surface area contributed by atoms with Crippen LogP contribution >= 0.6 is 0 Å². The van der Waals surface area contributed by atoms with E-state index in [0.717, 1.165) is 5.92 Å². The smallest absolute Gasteiger partial charge is 0.0295 e. The zero-order valence-corrected chi connectivity index (χ0v) is 17.4. The third-order valence-electron chi connectivity index (χ3n) is 7.67. The van der Waals surface area contributed by atoms with Gasteiger partial charge in [0.1, 0.15) is 0 Å². The SMILES string of the molecule is CCCC(C)(CC)C(CCC(C)(CC)CC)C(C)(CC)CC. The predicted molar refractivity (Wildman–Crippen MR) is 103 cm³/mol. The molecule has 0 aromatic heterocycles. The van der Waals surface area contributed by atoms with Gasteiger partial charge in [0.25, 0.3) is 0 Å². The van der Waals surface area contributed by atoms with Gasteiger partial charge in [-0.3, -0.25) is 0 Å². The number of hydrogen-bond donors (Lipinski definition) is 0. The molecule has 0 spiro atoms. The molecule has 2 atom stereocenters. The summed E-state index contributed by atoms with van der Waals surface area (Å²) in [5.74, 6) is 0.859. The average Bonchev–Trinajstić information content (AvgIpc) is 2.54. The van der Waals surface area contributed by atoms with Crippen molar-refractivity contribution in [2.24, 2.45) is 22.2 Å². The van der Waals surface area contributed by atoms with Crippen molar-refractivity contribution in [3.63, 3.8) is 0 Å². The zero-order chi connectivity index (χ0) is 17.4. The molecule has 0 bridgehead atoms. The van der Waals surface area contributed by atoms with E-state index in [1.54, 1.807) is 0 Å². The van der Waals surface area contributed by atoms with E-state index in [1.807, 2.05) is 0 Å². The molecule has 0 aromatic rings. The monoisotopic (exact) mass is 310 g/mol. The highest BCUT2D eigenvalue weighted by molar-refractivity contribution is 4.92. The molecule has 0 heterocycles. The van der Waals surface area contributed by atoms with Crippen LogP contribution in [-0.4, -0.2) is 0 Å². The van der Waals surface area contributed by atoms with Crippen LogP contribution in [-0.2, 0) is 0 Å². The first kappa shape index (κ1) is 22.0. The summed E-state index contributed by atoms with van der Waals surface area (Å²) in [7, 11) is 0. The van der Waals surface area contributed by atoms with E-state index in [9.17, 15) is 0 Å². The van der Waals surface area contributed by atoms with Gasteiger partial charge in [0, 0.05) is 0 Å². The summed E-state index contributed by atoms with van der Waals surface area (Å²) in [6.07, 6.45) is 12.1. The fourth-order valence-electron chi connectivity index (χ4n) is 4.55. The molecule has 0 fully saturated rings. The molecule has 0 amide bonds. The maximum absolute atomic E-state index is 2.58. The lowest BCUT2D eigenvalue weighted by Gasteiger charge is -2.49. The van der Waals surface area contributed by atoms with E-state index < -0.39 is 0 Å². The van der Waals surface area contributed by atoms with E-state index in [1.165, 1.54) is 57.8 Å². The molecule has 0 aromatic carbocycles. The van der Waals surface area contributed by atoms with Crippen molar-refractivity contribution in [3.8, 4) is 0 Å². The van der Waals surface area contributed by atoms with Crippen molar-refractivity contribution >= 4 is 0 Å². The molecule has 0 saturated heterocycles. The highest BCUT2D eigenvalue weighted by Gasteiger charge is 2.42. The number of hydrogen-bond acceptors (Lipinski definition) is 0. The van der Waals surface area contributed by atoms with Gasteiger partial charge in [-0.05, 0) is 41.4 Å². The van der Waals surface area contributed by atoms with Crippen LogP contribution in [0.1, 0.15) is 120 Å². The molecule has 134 valence electrons. The second-order valence-electron chi connectivity index (χ2n) is 8.73. The molecule has 0 nitrogen and oxygen atoms in total. The largest absolute Gasteiger partial charge is 0.0654 e. The lowest BCUT2D eigenvalue weighted by molar-refractivity contribution is 0.00934. The molecule has 0 saturated carbocycles. The van der Waals surface area contributed by atoms with Gasteiger partial charge in [0.05, 0.1) is 0 Å². The average molecular weight is 311 g/mol. The maximum Gasteiger partial charge on any atom is -0.0295 e. The Kier molecular flexibility index (Phi) is 9.33. The van der Waals surface area contributed by atoms with Crippen LogP contribution in [0.25, 0.3) is 0 Å². The first-order valence-electron chi connectivity index (χ1n) is 10.2. The molecule has 0 radical (unpaired) electrons. The van der Waals surface area contributed by atoms with Crippen LogP contribution in [0.3, 0.4) is 0 Å². The minimum absolute atomic E-state index is 0.502. The van der Waals surface area contributed by atoms with Crippen LogP contribution in [0.2, 0.25) is 0 Å². The molecule has 0 heteroatoms. The Bertz CT molecular complexity index is 282. The van der Waals surface area contributed by atoms with Crippen molar-refractivity contribution in [2.75, 3.05) is 0 Å². The van der Waals surface area contributed by atoms with E-state index in [4.69, 9.17) is 0 Å². The Labute approximate surface area is 142 Å². The summed E-state index contributed by atoms with van der Waals surface area (Å²) in [5.41, 5.74) is 1.56. The lowest BCUT2D eigenvalue weighted by Crippen LogP contribution is -2.40. The van der Waals surface area contributed by atoms with Crippen molar-refractivity contribution in [1.82, 2.24) is 0 Å². The molecule has 2 unspecified atom stereocenters. The van der Waals surface area contributed by atoms with E-state index in [2.05, 4.69) is 62.3 Å². The molecule has 0 rings (SSSR count). The summed E-state index contributed by atoms with van der Waals surface area (Å²) in [6.45, 7) is 22.0. The summed E-state index contributed by atoms with van der Waals surface area (Å²) >= 11 is 0. The standard InChI is InChI=1S/C22H46/c1-10-17-22(9,15-6)19(21(8,13-4)14-5)16-18-20(7,11-2)12-3/h19H,10-18H2,1-9H3. The summed E-state index contributed by atoms with van der Waals surface area (Å²) in [5, 5.41) is 0. The van der Waals surface area contributed by atoms with Gasteiger partial charge in [0.15, 0.2) is 0 Å². The van der Waals surface area contributed by atoms with Gasteiger partial charge in [0.2, 0.25) is 0 Å². The van der Waals surface area contributed by atoms with Crippen molar-refractivity contribution < 1.29 is 0 Å². The lowest BCUT2D eigenvalue weighted by atomic mass is 9.56. The topological polar surface area (TPSA) is 0 Å². The quantitative estimate of drug-likeness (QED) is 0.340. The fraction of sp³-hybridized carbons (Fsp3) is 1.00. The minimum atomic E-state index is 0.502. The first-order chi connectivity index (χ1) is 10.2. The molecular formula is C22H46. The molecule has 0 N–H and O–H groups in total. The van der Waals surface area contributed by atoms with Crippen molar-refractivity contribution in [3.05, 3.63) is 0 Å². The van der Waals surface area contributed by atoms with Crippen LogP contribution < -0.4 is 0 Å². The Morgan fingerprint density at radius 1 is 0.591 bits per heavy atom. The van der Waals surface area contributed by atoms with Gasteiger partial charge in [-0.2, -0.15) is 0 Å². The Morgan fingerprint density at radius 3 is 1.36 bits per heavy atom. The van der Waals surface area contributed by atoms with Crippen molar-refractivity contribution in [1.29, 1.82) is 0 Å². The van der Waals surface area contributed by atoms with Crippen LogP contribution in [0.5, 0.6) is 0 Å². The zero-order valence-electron chi connectivity index (χ0n) is 17.4. The third-order valence-corrected chi connectivity index (χ3v) is 7.67. The highest BCUT2D eigenvalue weighted by atomic mass is 14.5. The fourth-order valence-corrected chi connectivity index (χ4v) is 4.55. The van der Waals surface area contributed by atoms with Crippen LogP contribution in [0, 0.1) is 22.2 Å². The van der Waals surface area contributed by atoms with Gasteiger partial charge in [-0.25, -0.2) is 0 Å². The maximum atomic E-state index is 2.58. The second-order valence-corrected chi connectivity index (χ2v) is 8.73. The third kappa shape index (κ3) is 5.27. The van der Waals surface area contributed by atoms with E-state index in [0.29, 0.717) is 16.2 Å². The van der Waals surface area contributed by atoms with Gasteiger partial charge < -0.3 is 0 Å². The Morgan fingerprint density at radius 2 is 1.05 bits per heavy atom. The number of rotatable bonds is 12. The Hall–Kier alpha value is 0.